The summed E-state index contributed by atoms with van der Waals surface area (Å²) in [5.41, 5.74) is 3.87. The summed E-state index contributed by atoms with van der Waals surface area (Å²) in [5, 5.41) is 1.11. The molecule has 0 bridgehead atoms. The second-order valence-electron chi connectivity index (χ2n) is 5.48. The summed E-state index contributed by atoms with van der Waals surface area (Å²) in [7, 11) is 0. The van der Waals surface area contributed by atoms with Gasteiger partial charge in [0.1, 0.15) is 5.69 Å². The molecule has 22 heavy (non-hydrogen) atoms. The van der Waals surface area contributed by atoms with E-state index in [1.165, 1.54) is 0 Å². The van der Waals surface area contributed by atoms with Crippen molar-refractivity contribution in [1.82, 2.24) is 9.88 Å². The monoisotopic (exact) mass is 292 g/mol. The first kappa shape index (κ1) is 14.4. The number of carbonyl (C=O) groups excluding carboxylic acids is 1. The predicted molar refractivity (Wildman–Crippen MR) is 89.9 cm³/mol. The van der Waals surface area contributed by atoms with E-state index >= 15 is 0 Å². The van der Waals surface area contributed by atoms with Crippen LogP contribution in [0.25, 0.3) is 10.9 Å². The van der Waals surface area contributed by atoms with Crippen LogP contribution >= 0.6 is 0 Å². The minimum Gasteiger partial charge on any atom is -0.350 e. The van der Waals surface area contributed by atoms with E-state index in [0.717, 1.165) is 22.0 Å². The molecule has 0 aliphatic rings. The molecule has 0 spiro atoms. The van der Waals surface area contributed by atoms with Gasteiger partial charge in [-0.25, -0.2) is 0 Å². The van der Waals surface area contributed by atoms with Crippen LogP contribution in [0.5, 0.6) is 0 Å². The number of benzene rings is 2. The number of amides is 1. The molecule has 0 unspecified atom stereocenters. The quantitative estimate of drug-likeness (QED) is 0.771. The summed E-state index contributed by atoms with van der Waals surface area (Å²) in [6.07, 6.45) is 0. The maximum Gasteiger partial charge on any atom is 0.270 e. The van der Waals surface area contributed by atoms with Gasteiger partial charge in [-0.05, 0) is 31.0 Å². The number of aryl methyl sites for hydroxylation is 1. The lowest BCUT2D eigenvalue weighted by molar-refractivity contribution is 0.0747. The number of hydrogen-bond donors (Lipinski definition) is 1. The Bertz CT molecular complexity index is 790. The fraction of sp³-hybridized carbons (Fsp3) is 0.211. The van der Waals surface area contributed by atoms with Crippen molar-refractivity contribution in [1.29, 1.82) is 0 Å². The van der Waals surface area contributed by atoms with E-state index in [1.54, 1.807) is 0 Å². The number of aromatic amines is 1. The Morgan fingerprint density at radius 2 is 1.73 bits per heavy atom. The number of fused-ring (bicyclic) bond motifs is 1. The number of aromatic nitrogens is 1. The zero-order chi connectivity index (χ0) is 15.5. The zero-order valence-electron chi connectivity index (χ0n) is 13.0. The molecule has 3 heteroatoms. The number of H-pyrrole nitrogens is 1. The molecule has 1 N–H and O–H groups in total. The standard InChI is InChI=1S/C19H20N2O/c1-3-21(13-15-9-5-4-6-10-15)19(22)18-14(2)16-11-7-8-12-17(16)20-18/h4-12,20H,3,13H2,1-2H3. The van der Waals surface area contributed by atoms with Crippen molar-refractivity contribution in [3.05, 3.63) is 71.4 Å². The Labute approximate surface area is 130 Å². The average molecular weight is 292 g/mol. The summed E-state index contributed by atoms with van der Waals surface area (Å²) < 4.78 is 0. The summed E-state index contributed by atoms with van der Waals surface area (Å²) in [6.45, 7) is 5.33. The third kappa shape index (κ3) is 2.62. The number of nitrogens with one attached hydrogen (secondary N) is 1. The highest BCUT2D eigenvalue weighted by molar-refractivity contribution is 6.00. The maximum atomic E-state index is 12.9. The molecule has 0 fully saturated rings. The molecule has 0 saturated heterocycles. The van der Waals surface area contributed by atoms with Crippen molar-refractivity contribution in [2.24, 2.45) is 0 Å². The molecule has 3 aromatic rings. The average Bonchev–Trinajstić information content (AvgIpc) is 2.90. The van der Waals surface area contributed by atoms with Crippen LogP contribution in [0.1, 0.15) is 28.5 Å². The van der Waals surface area contributed by atoms with Crippen molar-refractivity contribution < 1.29 is 4.79 Å². The highest BCUT2D eigenvalue weighted by Gasteiger charge is 2.19. The van der Waals surface area contributed by atoms with Crippen molar-refractivity contribution >= 4 is 16.8 Å². The SMILES string of the molecule is CCN(Cc1ccccc1)C(=O)c1[nH]c2ccccc2c1C. The van der Waals surface area contributed by atoms with Gasteiger partial charge in [-0.1, -0.05) is 48.5 Å². The first-order valence-electron chi connectivity index (χ1n) is 7.61. The summed E-state index contributed by atoms with van der Waals surface area (Å²) >= 11 is 0. The van der Waals surface area contributed by atoms with Crippen molar-refractivity contribution in [3.63, 3.8) is 0 Å². The van der Waals surface area contributed by atoms with Crippen molar-refractivity contribution in [3.8, 4) is 0 Å². The molecule has 112 valence electrons. The number of hydrogen-bond acceptors (Lipinski definition) is 1. The van der Waals surface area contributed by atoms with Crippen LogP contribution < -0.4 is 0 Å². The molecule has 3 nitrogen and oxygen atoms in total. The van der Waals surface area contributed by atoms with Gasteiger partial charge in [0.15, 0.2) is 0 Å². The third-order valence-corrected chi connectivity index (χ3v) is 4.06. The lowest BCUT2D eigenvalue weighted by Crippen LogP contribution is -2.31. The topological polar surface area (TPSA) is 36.1 Å². The second kappa shape index (κ2) is 6.06. The van der Waals surface area contributed by atoms with E-state index in [1.807, 2.05) is 73.3 Å². The Morgan fingerprint density at radius 3 is 2.41 bits per heavy atom. The van der Waals surface area contributed by atoms with Crippen molar-refractivity contribution in [2.75, 3.05) is 6.54 Å². The van der Waals surface area contributed by atoms with Gasteiger partial charge < -0.3 is 9.88 Å². The minimum absolute atomic E-state index is 0.0556. The van der Waals surface area contributed by atoms with E-state index in [4.69, 9.17) is 0 Å². The fourth-order valence-electron chi connectivity index (χ4n) is 2.79. The smallest absolute Gasteiger partial charge is 0.270 e. The Balaban J connectivity index is 1.91. The Kier molecular flexibility index (Phi) is 3.96. The van der Waals surface area contributed by atoms with E-state index in [2.05, 4.69) is 4.98 Å². The van der Waals surface area contributed by atoms with Gasteiger partial charge in [0.05, 0.1) is 0 Å². The van der Waals surface area contributed by atoms with E-state index in [0.29, 0.717) is 18.8 Å². The molecule has 0 atom stereocenters. The highest BCUT2D eigenvalue weighted by Crippen LogP contribution is 2.22. The normalized spacial score (nSPS) is 10.8. The molecule has 3 rings (SSSR count). The van der Waals surface area contributed by atoms with Crippen LogP contribution in [0.3, 0.4) is 0 Å². The van der Waals surface area contributed by atoms with Gasteiger partial charge in [-0.2, -0.15) is 0 Å². The zero-order valence-corrected chi connectivity index (χ0v) is 13.0. The lowest BCUT2D eigenvalue weighted by Gasteiger charge is -2.20. The molecule has 1 amide bonds. The molecule has 0 aliphatic carbocycles. The number of nitrogens with zero attached hydrogens (tertiary/aromatic N) is 1. The van der Waals surface area contributed by atoms with Gasteiger partial charge >= 0.3 is 0 Å². The van der Waals surface area contributed by atoms with Crippen LogP contribution in [-0.2, 0) is 6.54 Å². The van der Waals surface area contributed by atoms with Gasteiger partial charge in [0.2, 0.25) is 0 Å². The van der Waals surface area contributed by atoms with Crippen LogP contribution in [-0.4, -0.2) is 22.3 Å². The Morgan fingerprint density at radius 1 is 1.05 bits per heavy atom. The second-order valence-corrected chi connectivity index (χ2v) is 5.48. The predicted octanol–water partition coefficient (Wildman–Crippen LogP) is 4.14. The van der Waals surface area contributed by atoms with Gasteiger partial charge in [-0.3, -0.25) is 4.79 Å². The van der Waals surface area contributed by atoms with Crippen molar-refractivity contribution in [2.45, 2.75) is 20.4 Å². The molecule has 2 aromatic carbocycles. The first-order valence-corrected chi connectivity index (χ1v) is 7.61. The number of carbonyl (C=O) groups is 1. The maximum absolute atomic E-state index is 12.9. The molecule has 0 radical (unpaired) electrons. The molecule has 0 saturated carbocycles. The van der Waals surface area contributed by atoms with Gasteiger partial charge in [-0.15, -0.1) is 0 Å². The van der Waals surface area contributed by atoms with Crippen LogP contribution in [0.15, 0.2) is 54.6 Å². The van der Waals surface area contributed by atoms with E-state index in [-0.39, 0.29) is 5.91 Å². The van der Waals surface area contributed by atoms with Crippen LogP contribution in [0, 0.1) is 6.92 Å². The summed E-state index contributed by atoms with van der Waals surface area (Å²) in [6, 6.07) is 18.1. The van der Waals surface area contributed by atoms with E-state index in [9.17, 15) is 4.79 Å². The number of para-hydroxylation sites is 1. The van der Waals surface area contributed by atoms with Crippen LogP contribution in [0.4, 0.5) is 0 Å². The highest BCUT2D eigenvalue weighted by atomic mass is 16.2. The molecular weight excluding hydrogens is 272 g/mol. The lowest BCUT2D eigenvalue weighted by atomic mass is 10.1. The number of rotatable bonds is 4. The summed E-state index contributed by atoms with van der Waals surface area (Å²) in [4.78, 5) is 18.0. The third-order valence-electron chi connectivity index (χ3n) is 4.06. The molecule has 1 aromatic heterocycles. The van der Waals surface area contributed by atoms with Gasteiger partial charge in [0.25, 0.3) is 5.91 Å². The molecule has 1 heterocycles. The first-order chi connectivity index (χ1) is 10.7. The van der Waals surface area contributed by atoms with E-state index < -0.39 is 0 Å². The summed E-state index contributed by atoms with van der Waals surface area (Å²) in [5.74, 6) is 0.0556. The minimum atomic E-state index is 0.0556. The van der Waals surface area contributed by atoms with Gasteiger partial charge in [0, 0.05) is 24.0 Å². The molecule has 0 aliphatic heterocycles. The fourth-order valence-corrected chi connectivity index (χ4v) is 2.79. The molecular formula is C19H20N2O. The Hall–Kier alpha value is -2.55. The largest absolute Gasteiger partial charge is 0.350 e. The van der Waals surface area contributed by atoms with Crippen LogP contribution in [0.2, 0.25) is 0 Å².